The molecular weight excluding hydrogens is 502 g/mol. The molecule has 3 N–H and O–H groups in total. The van der Waals surface area contributed by atoms with Crippen molar-refractivity contribution in [3.8, 4) is 0 Å². The molecule has 4 aliphatic rings. The topological polar surface area (TPSA) is 138 Å². The maximum atomic E-state index is 14.0. The zero-order valence-corrected chi connectivity index (χ0v) is 22.4. The van der Waals surface area contributed by atoms with E-state index < -0.39 is 5.60 Å². The van der Waals surface area contributed by atoms with Gasteiger partial charge in [-0.2, -0.15) is 5.10 Å². The highest BCUT2D eigenvalue weighted by molar-refractivity contribution is 6.18. The van der Waals surface area contributed by atoms with Crippen molar-refractivity contribution < 1.29 is 19.2 Å². The number of nitrogens with one attached hydrogen (secondary N) is 3. The molecular formula is C26H37N9O4. The fraction of sp³-hybridized carbons (Fsp3) is 0.654. The van der Waals surface area contributed by atoms with Crippen LogP contribution in [-0.2, 0) is 25.7 Å². The van der Waals surface area contributed by atoms with Gasteiger partial charge in [0.15, 0.2) is 5.65 Å². The number of hydrogen-bond acceptors (Lipinski definition) is 10. The van der Waals surface area contributed by atoms with Crippen LogP contribution in [0, 0.1) is 0 Å². The molecule has 0 bridgehead atoms. The molecule has 13 nitrogen and oxygen atoms in total. The summed E-state index contributed by atoms with van der Waals surface area (Å²) in [6.07, 6.45) is 5.39. The van der Waals surface area contributed by atoms with Crippen molar-refractivity contribution in [2.45, 2.75) is 44.4 Å². The van der Waals surface area contributed by atoms with Gasteiger partial charge in [-0.1, -0.05) is 5.16 Å². The summed E-state index contributed by atoms with van der Waals surface area (Å²) in [4.78, 5) is 42.2. The molecule has 2 amide bonds. The average molecular weight is 540 g/mol. The Hall–Kier alpha value is -3.29. The highest BCUT2D eigenvalue weighted by Crippen LogP contribution is 2.36. The quantitative estimate of drug-likeness (QED) is 0.425. The molecule has 4 aliphatic heterocycles. The molecule has 0 aliphatic carbocycles. The summed E-state index contributed by atoms with van der Waals surface area (Å²) in [6, 6.07) is 0.214. The van der Waals surface area contributed by atoms with Crippen LogP contribution in [0.4, 0.5) is 5.69 Å². The zero-order valence-electron chi connectivity index (χ0n) is 22.4. The molecule has 2 aromatic heterocycles. The first-order valence-electron chi connectivity index (χ1n) is 14.0. The molecule has 210 valence electrons. The van der Waals surface area contributed by atoms with Crippen LogP contribution in [0.25, 0.3) is 11.0 Å². The first-order chi connectivity index (χ1) is 19.1. The molecule has 0 unspecified atom stereocenters. The Labute approximate surface area is 227 Å². The van der Waals surface area contributed by atoms with E-state index in [4.69, 9.17) is 14.6 Å². The standard InChI is InChI=1S/C26H37N9O4/c1-2-35-23-20(17-30-35)22(31-18-3-13-38-14-4-18)19(16-29-23)21-15-26(39-32-21,24(36)33-9-5-27-6-10-33)25(37)34-11-7-28-8-12-34/h16-18,27-28H,2-15H2,1H3,(H,29,31). The first-order valence-corrected chi connectivity index (χ1v) is 14.0. The number of rotatable bonds is 6. The van der Waals surface area contributed by atoms with Crippen LogP contribution in [-0.4, -0.2) is 119 Å². The van der Waals surface area contributed by atoms with Crippen molar-refractivity contribution in [3.05, 3.63) is 18.0 Å². The summed E-state index contributed by atoms with van der Waals surface area (Å²) in [6.45, 7) is 8.92. The Morgan fingerprint density at radius 2 is 1.67 bits per heavy atom. The smallest absolute Gasteiger partial charge is 0.297 e. The maximum absolute atomic E-state index is 14.0. The van der Waals surface area contributed by atoms with Gasteiger partial charge < -0.3 is 35.3 Å². The SMILES string of the molecule is CCn1ncc2c(NC3CCOCC3)c(C3=NOC(C(=O)N4CCNCC4)(C(=O)N4CCNCC4)C3)cnc21. The number of carbonyl (C=O) groups excluding carboxylic acids is 2. The zero-order chi connectivity index (χ0) is 26.8. The molecule has 39 heavy (non-hydrogen) atoms. The lowest BCUT2D eigenvalue weighted by Crippen LogP contribution is -2.63. The summed E-state index contributed by atoms with van der Waals surface area (Å²) < 4.78 is 7.42. The van der Waals surface area contributed by atoms with Crippen molar-refractivity contribution in [3.63, 3.8) is 0 Å². The van der Waals surface area contributed by atoms with Gasteiger partial charge in [-0.05, 0) is 19.8 Å². The lowest BCUT2D eigenvalue weighted by Gasteiger charge is -2.37. The number of fused-ring (bicyclic) bond motifs is 1. The monoisotopic (exact) mass is 539 g/mol. The Kier molecular flexibility index (Phi) is 7.36. The molecule has 0 spiro atoms. The van der Waals surface area contributed by atoms with Crippen LogP contribution in [0.5, 0.6) is 0 Å². The van der Waals surface area contributed by atoms with E-state index in [0.29, 0.717) is 77.8 Å². The number of carbonyl (C=O) groups is 2. The van der Waals surface area contributed by atoms with E-state index in [0.717, 1.165) is 35.1 Å². The average Bonchev–Trinajstić information content (AvgIpc) is 3.64. The summed E-state index contributed by atoms with van der Waals surface area (Å²) in [5.74, 6) is -0.642. The second-order valence-corrected chi connectivity index (χ2v) is 10.5. The molecule has 3 saturated heterocycles. The van der Waals surface area contributed by atoms with Gasteiger partial charge >= 0.3 is 0 Å². The number of anilines is 1. The van der Waals surface area contributed by atoms with Crippen molar-refractivity contribution >= 4 is 34.2 Å². The lowest BCUT2D eigenvalue weighted by molar-refractivity contribution is -0.172. The van der Waals surface area contributed by atoms with Gasteiger partial charge in [0.1, 0.15) is 0 Å². The summed E-state index contributed by atoms with van der Waals surface area (Å²) in [5, 5.41) is 20.1. The number of aryl methyl sites for hydroxylation is 1. The van der Waals surface area contributed by atoms with Gasteiger partial charge in [-0.3, -0.25) is 9.59 Å². The fourth-order valence-electron chi connectivity index (χ4n) is 5.82. The Balaban J connectivity index is 1.36. The van der Waals surface area contributed by atoms with Gasteiger partial charge in [0.05, 0.1) is 29.4 Å². The van der Waals surface area contributed by atoms with Gasteiger partial charge in [0.2, 0.25) is 0 Å². The van der Waals surface area contributed by atoms with E-state index in [1.807, 2.05) is 17.8 Å². The highest BCUT2D eigenvalue weighted by Gasteiger charge is 2.57. The molecule has 6 rings (SSSR count). The van der Waals surface area contributed by atoms with E-state index >= 15 is 0 Å². The van der Waals surface area contributed by atoms with Crippen LogP contribution in [0.2, 0.25) is 0 Å². The second-order valence-electron chi connectivity index (χ2n) is 10.5. The molecule has 0 saturated carbocycles. The predicted molar refractivity (Wildman–Crippen MR) is 145 cm³/mol. The third kappa shape index (κ3) is 4.83. The van der Waals surface area contributed by atoms with Crippen LogP contribution >= 0.6 is 0 Å². The third-order valence-corrected chi connectivity index (χ3v) is 8.07. The number of oxime groups is 1. The van der Waals surface area contributed by atoms with E-state index in [2.05, 4.69) is 26.2 Å². The van der Waals surface area contributed by atoms with Crippen LogP contribution in [0.1, 0.15) is 31.7 Å². The normalized spacial score (nSPS) is 22.0. The molecule has 0 radical (unpaired) electrons. The van der Waals surface area contributed by atoms with E-state index in [1.54, 1.807) is 16.0 Å². The van der Waals surface area contributed by atoms with E-state index in [9.17, 15) is 9.59 Å². The molecule has 0 aromatic carbocycles. The maximum Gasteiger partial charge on any atom is 0.297 e. The highest BCUT2D eigenvalue weighted by atomic mass is 16.7. The number of ether oxygens (including phenoxy) is 1. The Morgan fingerprint density at radius 1 is 1.03 bits per heavy atom. The number of amides is 2. The Morgan fingerprint density at radius 3 is 2.28 bits per heavy atom. The minimum atomic E-state index is -1.72. The molecule has 13 heteroatoms. The lowest BCUT2D eigenvalue weighted by atomic mass is 9.90. The van der Waals surface area contributed by atoms with Crippen molar-refractivity contribution in [2.75, 3.05) is 70.9 Å². The molecule has 0 atom stereocenters. The minimum Gasteiger partial charge on any atom is -0.381 e. The van der Waals surface area contributed by atoms with E-state index in [1.165, 1.54) is 0 Å². The van der Waals surface area contributed by atoms with Crippen LogP contribution in [0.3, 0.4) is 0 Å². The number of pyridine rings is 1. The van der Waals surface area contributed by atoms with Crippen molar-refractivity contribution in [2.24, 2.45) is 5.16 Å². The Bertz CT molecular complexity index is 1210. The van der Waals surface area contributed by atoms with Gasteiger partial charge in [0, 0.05) is 89.9 Å². The minimum absolute atomic E-state index is 0.0517. The van der Waals surface area contributed by atoms with Crippen molar-refractivity contribution in [1.82, 2.24) is 35.2 Å². The van der Waals surface area contributed by atoms with Crippen LogP contribution < -0.4 is 16.0 Å². The van der Waals surface area contributed by atoms with E-state index in [-0.39, 0.29) is 24.3 Å². The first kappa shape index (κ1) is 26.0. The number of hydrogen-bond donors (Lipinski definition) is 3. The third-order valence-electron chi connectivity index (χ3n) is 8.07. The molecule has 3 fully saturated rings. The summed E-state index contributed by atoms with van der Waals surface area (Å²) >= 11 is 0. The number of nitrogens with zero attached hydrogens (tertiary/aromatic N) is 6. The summed E-state index contributed by atoms with van der Waals surface area (Å²) in [7, 11) is 0. The summed E-state index contributed by atoms with van der Waals surface area (Å²) in [5.41, 5.74) is 1.18. The predicted octanol–water partition coefficient (Wildman–Crippen LogP) is -0.231. The second kappa shape index (κ2) is 11.1. The van der Waals surface area contributed by atoms with Crippen molar-refractivity contribution in [1.29, 1.82) is 0 Å². The van der Waals surface area contributed by atoms with Gasteiger partial charge in [-0.15, -0.1) is 0 Å². The van der Waals surface area contributed by atoms with Crippen LogP contribution in [0.15, 0.2) is 17.5 Å². The largest absolute Gasteiger partial charge is 0.381 e. The fourth-order valence-corrected chi connectivity index (χ4v) is 5.82. The number of piperazine rings is 2. The van der Waals surface area contributed by atoms with Gasteiger partial charge in [-0.25, -0.2) is 9.67 Å². The van der Waals surface area contributed by atoms with Gasteiger partial charge in [0.25, 0.3) is 17.4 Å². The molecule has 2 aromatic rings. The number of aromatic nitrogens is 3. The molecule has 6 heterocycles.